The average Bonchev–Trinajstić information content (AvgIpc) is 2.75. The van der Waals surface area contributed by atoms with E-state index in [0.717, 1.165) is 11.1 Å². The number of esters is 3. The molecule has 30 heavy (non-hydrogen) atoms. The van der Waals surface area contributed by atoms with Crippen molar-refractivity contribution in [1.82, 2.24) is 0 Å². The molecule has 0 saturated heterocycles. The highest BCUT2D eigenvalue weighted by molar-refractivity contribution is 5.97. The maximum absolute atomic E-state index is 12.4. The molecule has 0 amide bonds. The van der Waals surface area contributed by atoms with Gasteiger partial charge in [-0.05, 0) is 56.3 Å². The SMILES string of the molecule is COC(=O)c1cc(OC(=O)c2ccc(C)cc2)ccc1OC(=O)c1ccc(C)cc1. The lowest BCUT2D eigenvalue weighted by atomic mass is 10.1. The Balaban J connectivity index is 1.83. The highest BCUT2D eigenvalue weighted by atomic mass is 16.5. The van der Waals surface area contributed by atoms with Crippen LogP contribution >= 0.6 is 0 Å². The van der Waals surface area contributed by atoms with Gasteiger partial charge in [0.05, 0.1) is 18.2 Å². The van der Waals surface area contributed by atoms with E-state index in [1.807, 2.05) is 13.8 Å². The van der Waals surface area contributed by atoms with Crippen LogP contribution in [0.2, 0.25) is 0 Å². The van der Waals surface area contributed by atoms with Gasteiger partial charge in [-0.15, -0.1) is 0 Å². The fourth-order valence-electron chi connectivity index (χ4n) is 2.64. The number of benzene rings is 3. The number of carbonyl (C=O) groups is 3. The topological polar surface area (TPSA) is 78.9 Å². The van der Waals surface area contributed by atoms with Crippen molar-refractivity contribution < 1.29 is 28.6 Å². The van der Waals surface area contributed by atoms with Crippen LogP contribution in [0.25, 0.3) is 0 Å². The van der Waals surface area contributed by atoms with E-state index in [0.29, 0.717) is 11.1 Å². The molecule has 0 atom stereocenters. The standard InChI is InChI=1S/C24H20O6/c1-15-4-8-17(9-5-15)22(25)29-19-12-13-21(20(14-19)24(27)28-3)30-23(26)18-10-6-16(2)7-11-18/h4-14H,1-3H3. The molecule has 0 saturated carbocycles. The zero-order valence-corrected chi connectivity index (χ0v) is 16.8. The third-order valence-corrected chi connectivity index (χ3v) is 4.34. The summed E-state index contributed by atoms with van der Waals surface area (Å²) in [6.45, 7) is 3.81. The highest BCUT2D eigenvalue weighted by Gasteiger charge is 2.19. The van der Waals surface area contributed by atoms with Crippen LogP contribution in [-0.2, 0) is 4.74 Å². The summed E-state index contributed by atoms with van der Waals surface area (Å²) < 4.78 is 15.5. The molecule has 0 fully saturated rings. The van der Waals surface area contributed by atoms with Crippen molar-refractivity contribution in [3.63, 3.8) is 0 Å². The Bertz CT molecular complexity index is 1080. The Morgan fingerprint density at radius 3 is 1.63 bits per heavy atom. The van der Waals surface area contributed by atoms with Crippen molar-refractivity contribution in [3.05, 3.63) is 94.5 Å². The molecule has 3 rings (SSSR count). The summed E-state index contributed by atoms with van der Waals surface area (Å²) in [7, 11) is 1.21. The molecule has 0 aliphatic carbocycles. The summed E-state index contributed by atoms with van der Waals surface area (Å²) in [5.41, 5.74) is 2.69. The van der Waals surface area contributed by atoms with Gasteiger partial charge in [-0.3, -0.25) is 0 Å². The van der Waals surface area contributed by atoms with Crippen LogP contribution in [0, 0.1) is 13.8 Å². The summed E-state index contributed by atoms with van der Waals surface area (Å²) in [6, 6.07) is 17.8. The van der Waals surface area contributed by atoms with Crippen molar-refractivity contribution in [3.8, 4) is 11.5 Å². The molecule has 0 aliphatic heterocycles. The van der Waals surface area contributed by atoms with Gasteiger partial charge in [0.15, 0.2) is 0 Å². The predicted molar refractivity (Wildman–Crippen MR) is 110 cm³/mol. The molecule has 6 nitrogen and oxygen atoms in total. The van der Waals surface area contributed by atoms with Crippen LogP contribution in [0.4, 0.5) is 0 Å². The monoisotopic (exact) mass is 404 g/mol. The fourth-order valence-corrected chi connectivity index (χ4v) is 2.64. The smallest absolute Gasteiger partial charge is 0.343 e. The summed E-state index contributed by atoms with van der Waals surface area (Å²) in [5, 5.41) is 0. The summed E-state index contributed by atoms with van der Waals surface area (Å²) in [4.78, 5) is 36.9. The van der Waals surface area contributed by atoms with Crippen molar-refractivity contribution in [1.29, 1.82) is 0 Å². The van der Waals surface area contributed by atoms with Gasteiger partial charge < -0.3 is 14.2 Å². The van der Waals surface area contributed by atoms with E-state index < -0.39 is 17.9 Å². The second-order valence-corrected chi connectivity index (χ2v) is 6.66. The first kappa shape index (κ1) is 20.8. The molecule has 0 spiro atoms. The van der Waals surface area contributed by atoms with Crippen LogP contribution in [0.15, 0.2) is 66.7 Å². The number of methoxy groups -OCH3 is 1. The van der Waals surface area contributed by atoms with Gasteiger partial charge in [0.1, 0.15) is 17.1 Å². The van der Waals surface area contributed by atoms with Gasteiger partial charge in [0, 0.05) is 0 Å². The van der Waals surface area contributed by atoms with Crippen LogP contribution in [0.5, 0.6) is 11.5 Å². The number of aryl methyl sites for hydroxylation is 2. The Kier molecular flexibility index (Phi) is 6.27. The molecule has 0 heterocycles. The third-order valence-electron chi connectivity index (χ3n) is 4.34. The Morgan fingerprint density at radius 2 is 1.13 bits per heavy atom. The number of rotatable bonds is 5. The largest absolute Gasteiger partial charge is 0.465 e. The zero-order chi connectivity index (χ0) is 21.7. The fraction of sp³-hybridized carbons (Fsp3) is 0.125. The minimum absolute atomic E-state index is 0.00237. The minimum Gasteiger partial charge on any atom is -0.465 e. The van der Waals surface area contributed by atoms with Gasteiger partial charge >= 0.3 is 17.9 Å². The number of hydrogen-bond donors (Lipinski definition) is 0. The van der Waals surface area contributed by atoms with E-state index in [1.54, 1.807) is 48.5 Å². The first-order valence-corrected chi connectivity index (χ1v) is 9.17. The zero-order valence-electron chi connectivity index (χ0n) is 16.8. The second-order valence-electron chi connectivity index (χ2n) is 6.66. The molecule has 0 aromatic heterocycles. The first-order chi connectivity index (χ1) is 14.4. The van der Waals surface area contributed by atoms with Gasteiger partial charge in [0.2, 0.25) is 0 Å². The minimum atomic E-state index is -0.727. The number of hydrogen-bond acceptors (Lipinski definition) is 6. The first-order valence-electron chi connectivity index (χ1n) is 9.17. The van der Waals surface area contributed by atoms with Gasteiger partial charge in [-0.2, -0.15) is 0 Å². The van der Waals surface area contributed by atoms with Gasteiger partial charge in [0.25, 0.3) is 0 Å². The maximum atomic E-state index is 12.4. The lowest BCUT2D eigenvalue weighted by Gasteiger charge is -2.11. The van der Waals surface area contributed by atoms with E-state index >= 15 is 0 Å². The molecule has 3 aromatic rings. The lowest BCUT2D eigenvalue weighted by Crippen LogP contribution is -2.13. The molecule has 0 aliphatic rings. The van der Waals surface area contributed by atoms with Crippen molar-refractivity contribution in [2.24, 2.45) is 0 Å². The van der Waals surface area contributed by atoms with E-state index in [9.17, 15) is 14.4 Å². The number of carbonyl (C=O) groups excluding carboxylic acids is 3. The summed E-state index contributed by atoms with van der Waals surface area (Å²) >= 11 is 0. The highest BCUT2D eigenvalue weighted by Crippen LogP contribution is 2.27. The van der Waals surface area contributed by atoms with Crippen LogP contribution in [-0.4, -0.2) is 25.0 Å². The molecule has 3 aromatic carbocycles. The predicted octanol–water partition coefficient (Wildman–Crippen LogP) is 4.53. The van der Waals surface area contributed by atoms with Crippen LogP contribution in [0.3, 0.4) is 0 Å². The lowest BCUT2D eigenvalue weighted by molar-refractivity contribution is 0.0589. The molecule has 0 radical (unpaired) electrons. The van der Waals surface area contributed by atoms with Crippen molar-refractivity contribution in [2.75, 3.05) is 7.11 Å². The summed E-state index contributed by atoms with van der Waals surface area (Å²) in [6.07, 6.45) is 0. The Hall–Kier alpha value is -3.93. The van der Waals surface area contributed by atoms with E-state index in [1.165, 1.54) is 25.3 Å². The van der Waals surface area contributed by atoms with Gasteiger partial charge in [-0.1, -0.05) is 35.4 Å². The van der Waals surface area contributed by atoms with Gasteiger partial charge in [-0.25, -0.2) is 14.4 Å². The average molecular weight is 404 g/mol. The molecule has 152 valence electrons. The number of ether oxygens (including phenoxy) is 3. The van der Waals surface area contributed by atoms with Crippen LogP contribution < -0.4 is 9.47 Å². The molecule has 0 unspecified atom stereocenters. The maximum Gasteiger partial charge on any atom is 0.343 e. The van der Waals surface area contributed by atoms with E-state index in [2.05, 4.69) is 0 Å². The quantitative estimate of drug-likeness (QED) is 0.459. The molecule has 0 bridgehead atoms. The molecule has 0 N–H and O–H groups in total. The molecular weight excluding hydrogens is 384 g/mol. The third kappa shape index (κ3) is 4.91. The molecular formula is C24H20O6. The van der Waals surface area contributed by atoms with Crippen molar-refractivity contribution >= 4 is 17.9 Å². The van der Waals surface area contributed by atoms with E-state index in [4.69, 9.17) is 14.2 Å². The van der Waals surface area contributed by atoms with E-state index in [-0.39, 0.29) is 17.1 Å². The second kappa shape index (κ2) is 9.05. The summed E-state index contributed by atoms with van der Waals surface area (Å²) in [5.74, 6) is -1.80. The Morgan fingerprint density at radius 1 is 0.633 bits per heavy atom. The normalized spacial score (nSPS) is 10.2. The molecule has 6 heteroatoms. The van der Waals surface area contributed by atoms with Crippen LogP contribution in [0.1, 0.15) is 42.2 Å². The Labute approximate surface area is 174 Å². The van der Waals surface area contributed by atoms with Crippen molar-refractivity contribution in [2.45, 2.75) is 13.8 Å².